The van der Waals surface area contributed by atoms with Crippen LogP contribution in [0.2, 0.25) is 0 Å². The van der Waals surface area contributed by atoms with Crippen molar-refractivity contribution in [2.75, 3.05) is 0 Å². The predicted octanol–water partition coefficient (Wildman–Crippen LogP) is 1.05. The van der Waals surface area contributed by atoms with E-state index in [1.807, 2.05) is 18.3 Å². The first-order chi connectivity index (χ1) is 9.90. The number of esters is 2. The van der Waals surface area contributed by atoms with Crippen LogP contribution in [0.3, 0.4) is 0 Å². The number of nitrogens with one attached hydrogen (secondary N) is 1. The van der Waals surface area contributed by atoms with Gasteiger partial charge in [-0.3, -0.25) is 9.59 Å². The Morgan fingerprint density at radius 3 is 2.52 bits per heavy atom. The molecule has 1 aromatic carbocycles. The largest absolute Gasteiger partial charge is 0.481 e. The van der Waals surface area contributed by atoms with E-state index in [4.69, 9.17) is 10.8 Å². The highest BCUT2D eigenvalue weighted by Crippen LogP contribution is 2.09. The van der Waals surface area contributed by atoms with Gasteiger partial charge in [-0.05, 0) is 17.5 Å². The van der Waals surface area contributed by atoms with Gasteiger partial charge in [0.2, 0.25) is 0 Å². The van der Waals surface area contributed by atoms with Gasteiger partial charge < -0.3 is 20.6 Å². The second kappa shape index (κ2) is 7.81. The van der Waals surface area contributed by atoms with Gasteiger partial charge >= 0.3 is 17.9 Å². The van der Waals surface area contributed by atoms with E-state index in [1.165, 1.54) is 10.9 Å². The van der Waals surface area contributed by atoms with Gasteiger partial charge in [0.1, 0.15) is 6.04 Å². The Hall–Kier alpha value is -2.67. The topological polar surface area (TPSA) is 122 Å². The molecule has 0 aliphatic heterocycles. The summed E-state index contributed by atoms with van der Waals surface area (Å²) in [5, 5.41) is 9.47. The molecule has 0 saturated heterocycles. The number of fused-ring (bicyclic) bond motifs is 1. The molecule has 0 aliphatic rings. The first-order valence-corrected chi connectivity index (χ1v) is 6.12. The lowest BCUT2D eigenvalue weighted by Gasteiger charge is -2.05. The van der Waals surface area contributed by atoms with Gasteiger partial charge in [-0.15, -0.1) is 0 Å². The Kier molecular flexibility index (Phi) is 6.09. The number of nitrogens with two attached hydrogens (primary N) is 1. The van der Waals surface area contributed by atoms with E-state index in [0.717, 1.165) is 6.92 Å². The van der Waals surface area contributed by atoms with Crippen molar-refractivity contribution in [2.24, 2.45) is 5.73 Å². The summed E-state index contributed by atoms with van der Waals surface area (Å²) in [4.78, 5) is 34.0. The Bertz CT molecular complexity index is 605. The van der Waals surface area contributed by atoms with E-state index in [2.05, 4.69) is 27.9 Å². The van der Waals surface area contributed by atoms with Crippen LogP contribution >= 0.6 is 0 Å². The molecule has 2 aromatic rings. The molecule has 7 heteroatoms. The highest BCUT2D eigenvalue weighted by atomic mass is 16.6. The van der Waals surface area contributed by atoms with E-state index in [9.17, 15) is 14.4 Å². The van der Waals surface area contributed by atoms with Crippen LogP contribution in [0.25, 0.3) is 10.9 Å². The number of ether oxygens (including phenoxy) is 1. The molecule has 21 heavy (non-hydrogen) atoms. The molecule has 0 fully saturated rings. The molecular formula is C14H16N2O5. The second-order valence-corrected chi connectivity index (χ2v) is 4.18. The summed E-state index contributed by atoms with van der Waals surface area (Å²) in [6.07, 6.45) is 1.40. The van der Waals surface area contributed by atoms with Gasteiger partial charge in [0, 0.05) is 18.6 Å². The summed E-state index contributed by atoms with van der Waals surface area (Å²) < 4.78 is 4.05. The van der Waals surface area contributed by atoms with Gasteiger partial charge in [0.05, 0.1) is 6.42 Å². The molecule has 0 radical (unpaired) electrons. The van der Waals surface area contributed by atoms with Crippen LogP contribution in [0, 0.1) is 0 Å². The molecule has 1 aromatic heterocycles. The lowest BCUT2D eigenvalue weighted by atomic mass is 10.2. The number of rotatable bonds is 3. The number of benzene rings is 1. The molecule has 1 atom stereocenters. The average molecular weight is 292 g/mol. The molecule has 4 N–H and O–H groups in total. The van der Waals surface area contributed by atoms with Crippen LogP contribution < -0.4 is 5.73 Å². The molecule has 0 saturated carbocycles. The maximum absolute atomic E-state index is 10.7. The third-order valence-corrected chi connectivity index (χ3v) is 2.40. The number of carbonyl (C=O) groups excluding carboxylic acids is 2. The first kappa shape index (κ1) is 16.4. The number of carbonyl (C=O) groups is 3. The van der Waals surface area contributed by atoms with Crippen LogP contribution in [0.4, 0.5) is 0 Å². The first-order valence-electron chi connectivity index (χ1n) is 6.12. The zero-order valence-electron chi connectivity index (χ0n) is 11.4. The van der Waals surface area contributed by atoms with Gasteiger partial charge in [-0.25, -0.2) is 4.79 Å². The standard InChI is InChI=1S/C8H7N.C6H9NO5/c1-2-4-8-7(3-1)5-6-9-8;1-3(8)12-6(11)4(7)2-5(9)10/h1-6,9H;4H,2,7H2,1H3,(H,9,10). The molecule has 112 valence electrons. The van der Waals surface area contributed by atoms with Gasteiger partial charge in [-0.1, -0.05) is 18.2 Å². The van der Waals surface area contributed by atoms with Gasteiger partial charge in [0.15, 0.2) is 0 Å². The maximum Gasteiger partial charge on any atom is 0.331 e. The lowest BCUT2D eigenvalue weighted by molar-refractivity contribution is -0.160. The van der Waals surface area contributed by atoms with E-state index < -0.39 is 30.4 Å². The number of aromatic amines is 1. The summed E-state index contributed by atoms with van der Waals surface area (Å²) in [6.45, 7) is 1.03. The minimum absolute atomic E-state index is 0.549. The molecule has 0 amide bonds. The van der Waals surface area contributed by atoms with Crippen molar-refractivity contribution in [2.45, 2.75) is 19.4 Å². The molecule has 1 heterocycles. The molecular weight excluding hydrogens is 276 g/mol. The summed E-state index contributed by atoms with van der Waals surface area (Å²) in [6, 6.07) is 9.00. The van der Waals surface area contributed by atoms with Crippen LogP contribution in [-0.4, -0.2) is 34.0 Å². The third-order valence-electron chi connectivity index (χ3n) is 2.40. The highest BCUT2D eigenvalue weighted by Gasteiger charge is 2.19. The number of H-pyrrole nitrogens is 1. The Balaban J connectivity index is 0.000000216. The second-order valence-electron chi connectivity index (χ2n) is 4.18. The molecule has 7 nitrogen and oxygen atoms in total. The van der Waals surface area contributed by atoms with Crippen LogP contribution in [0.5, 0.6) is 0 Å². The van der Waals surface area contributed by atoms with Crippen molar-refractivity contribution in [3.8, 4) is 0 Å². The van der Waals surface area contributed by atoms with Crippen molar-refractivity contribution >= 4 is 28.8 Å². The van der Waals surface area contributed by atoms with Crippen molar-refractivity contribution < 1.29 is 24.2 Å². The smallest absolute Gasteiger partial charge is 0.331 e. The van der Waals surface area contributed by atoms with E-state index in [-0.39, 0.29) is 0 Å². The van der Waals surface area contributed by atoms with Crippen molar-refractivity contribution in [1.29, 1.82) is 0 Å². The molecule has 2 rings (SSSR count). The Morgan fingerprint density at radius 2 is 1.95 bits per heavy atom. The number of hydrogen-bond donors (Lipinski definition) is 3. The minimum Gasteiger partial charge on any atom is -0.481 e. The zero-order chi connectivity index (χ0) is 15.8. The van der Waals surface area contributed by atoms with E-state index >= 15 is 0 Å². The quantitative estimate of drug-likeness (QED) is 0.574. The van der Waals surface area contributed by atoms with Crippen LogP contribution in [-0.2, 0) is 19.1 Å². The van der Waals surface area contributed by atoms with Crippen molar-refractivity contribution in [1.82, 2.24) is 4.98 Å². The fraction of sp³-hybridized carbons (Fsp3) is 0.214. The van der Waals surface area contributed by atoms with Crippen LogP contribution in [0.1, 0.15) is 13.3 Å². The van der Waals surface area contributed by atoms with Crippen molar-refractivity contribution in [3.05, 3.63) is 36.5 Å². The summed E-state index contributed by atoms with van der Waals surface area (Å²) >= 11 is 0. The molecule has 0 spiro atoms. The Labute approximate surface area is 120 Å². The SMILES string of the molecule is CC(=O)OC(=O)C(N)CC(=O)O.c1ccc2[nH]ccc2c1. The molecule has 0 aliphatic carbocycles. The van der Waals surface area contributed by atoms with Crippen LogP contribution in [0.15, 0.2) is 36.5 Å². The fourth-order valence-electron chi connectivity index (χ4n) is 1.48. The number of hydrogen-bond acceptors (Lipinski definition) is 5. The van der Waals surface area contributed by atoms with Crippen molar-refractivity contribution in [3.63, 3.8) is 0 Å². The van der Waals surface area contributed by atoms with Gasteiger partial charge in [0.25, 0.3) is 0 Å². The van der Waals surface area contributed by atoms with E-state index in [1.54, 1.807) is 0 Å². The molecule has 1 unspecified atom stereocenters. The third kappa shape index (κ3) is 5.87. The highest BCUT2D eigenvalue weighted by molar-refractivity contribution is 5.89. The monoisotopic (exact) mass is 292 g/mol. The Morgan fingerprint density at radius 1 is 1.29 bits per heavy atom. The minimum atomic E-state index is -1.29. The van der Waals surface area contributed by atoms with Gasteiger partial charge in [-0.2, -0.15) is 0 Å². The average Bonchev–Trinajstić information content (AvgIpc) is 2.86. The molecule has 0 bridgehead atoms. The number of aliphatic carboxylic acids is 1. The summed E-state index contributed by atoms with van der Waals surface area (Å²) in [5.74, 6) is -3.05. The number of carboxylic acid groups (broad SMARTS) is 1. The number of carboxylic acids is 1. The number of aromatic nitrogens is 1. The maximum atomic E-state index is 10.7. The lowest BCUT2D eigenvalue weighted by Crippen LogP contribution is -2.35. The summed E-state index contributed by atoms with van der Waals surface area (Å²) in [7, 11) is 0. The number of para-hydroxylation sites is 1. The fourth-order valence-corrected chi connectivity index (χ4v) is 1.48. The normalized spacial score (nSPS) is 11.1. The van der Waals surface area contributed by atoms with E-state index in [0.29, 0.717) is 0 Å². The predicted molar refractivity (Wildman–Crippen MR) is 75.3 cm³/mol. The zero-order valence-corrected chi connectivity index (χ0v) is 11.4. The summed E-state index contributed by atoms with van der Waals surface area (Å²) in [5.41, 5.74) is 6.26.